The summed E-state index contributed by atoms with van der Waals surface area (Å²) in [6, 6.07) is 3.07. The maximum atomic E-state index is 14.5. The van der Waals surface area contributed by atoms with Crippen LogP contribution in [0.5, 0.6) is 0 Å². The number of pyridine rings is 1. The number of anilines is 1. The monoisotopic (exact) mass is 510 g/mol. The van der Waals surface area contributed by atoms with Gasteiger partial charge in [0.2, 0.25) is 0 Å². The molecule has 196 valence electrons. The molecular weight excluding hydrogens is 479 g/mol. The van der Waals surface area contributed by atoms with Crippen LogP contribution in [-0.4, -0.2) is 54.9 Å². The molecule has 3 unspecified atom stereocenters. The summed E-state index contributed by atoms with van der Waals surface area (Å²) in [6.45, 7) is 8.09. The highest BCUT2D eigenvalue weighted by atomic mass is 19.1. The summed E-state index contributed by atoms with van der Waals surface area (Å²) in [7, 11) is 0. The van der Waals surface area contributed by atoms with E-state index in [1.165, 1.54) is 16.9 Å². The molecule has 10 nitrogen and oxygen atoms in total. The van der Waals surface area contributed by atoms with Gasteiger partial charge in [0, 0.05) is 24.5 Å². The summed E-state index contributed by atoms with van der Waals surface area (Å²) in [5, 5.41) is 16.4. The van der Waals surface area contributed by atoms with Gasteiger partial charge in [-0.15, -0.1) is 0 Å². The van der Waals surface area contributed by atoms with E-state index in [1.807, 2.05) is 33.8 Å². The number of carboxylic acids is 1. The molecular formula is C26H31FN6O4. The van der Waals surface area contributed by atoms with E-state index in [-0.39, 0.29) is 23.3 Å². The van der Waals surface area contributed by atoms with Crippen molar-refractivity contribution in [3.8, 4) is 0 Å². The predicted octanol–water partition coefficient (Wildman–Crippen LogP) is 4.00. The van der Waals surface area contributed by atoms with E-state index in [9.17, 15) is 19.1 Å². The summed E-state index contributed by atoms with van der Waals surface area (Å²) in [5.41, 5.74) is 1.30. The first-order valence-electron chi connectivity index (χ1n) is 12.5. The van der Waals surface area contributed by atoms with Crippen LogP contribution in [0.3, 0.4) is 0 Å². The molecule has 4 heterocycles. The van der Waals surface area contributed by atoms with Gasteiger partial charge in [-0.3, -0.25) is 4.98 Å². The molecule has 0 aromatic carbocycles. The summed E-state index contributed by atoms with van der Waals surface area (Å²) < 4.78 is 21.2. The zero-order valence-electron chi connectivity index (χ0n) is 21.3. The van der Waals surface area contributed by atoms with Crippen molar-refractivity contribution in [3.05, 3.63) is 53.4 Å². The lowest BCUT2D eigenvalue weighted by Crippen LogP contribution is -2.38. The molecule has 0 spiro atoms. The number of hydrogen-bond acceptors (Lipinski definition) is 7. The van der Waals surface area contributed by atoms with Crippen LogP contribution >= 0.6 is 0 Å². The summed E-state index contributed by atoms with van der Waals surface area (Å²) >= 11 is 0. The van der Waals surface area contributed by atoms with Crippen LogP contribution in [0.1, 0.15) is 68.2 Å². The molecule has 2 fully saturated rings. The number of aromatic carboxylic acids is 1. The number of fused-ring (bicyclic) bond motifs is 2. The van der Waals surface area contributed by atoms with Crippen molar-refractivity contribution >= 4 is 23.5 Å². The number of rotatable bonds is 7. The first-order valence-corrected chi connectivity index (χ1v) is 12.5. The second-order valence-corrected chi connectivity index (χ2v) is 10.9. The Labute approximate surface area is 213 Å². The number of amides is 1. The number of aryl methyl sites for hydroxylation is 1. The van der Waals surface area contributed by atoms with Gasteiger partial charge in [-0.2, -0.15) is 5.10 Å². The van der Waals surface area contributed by atoms with E-state index in [0.717, 1.165) is 24.2 Å². The molecule has 2 aliphatic rings. The highest BCUT2D eigenvalue weighted by Crippen LogP contribution is 2.57. The molecule has 1 amide bonds. The minimum atomic E-state index is -1.09. The number of alkyl carbamates (subject to hydrolysis) is 1. The van der Waals surface area contributed by atoms with E-state index in [4.69, 9.17) is 4.74 Å². The maximum absolute atomic E-state index is 14.5. The number of halogens is 1. The van der Waals surface area contributed by atoms with Crippen LogP contribution in [0.2, 0.25) is 0 Å². The average molecular weight is 511 g/mol. The van der Waals surface area contributed by atoms with Gasteiger partial charge in [0.05, 0.1) is 18.4 Å². The van der Waals surface area contributed by atoms with Gasteiger partial charge in [-0.05, 0) is 76.5 Å². The fourth-order valence-corrected chi connectivity index (χ4v) is 5.15. The third kappa shape index (κ3) is 5.21. The molecule has 5 rings (SSSR count). The van der Waals surface area contributed by atoms with Gasteiger partial charge >= 0.3 is 12.1 Å². The highest BCUT2D eigenvalue weighted by Gasteiger charge is 2.54. The van der Waals surface area contributed by atoms with Crippen LogP contribution in [0.25, 0.3) is 5.65 Å². The van der Waals surface area contributed by atoms with E-state index in [0.29, 0.717) is 30.5 Å². The second-order valence-electron chi connectivity index (χ2n) is 10.9. The zero-order chi connectivity index (χ0) is 26.5. The average Bonchev–Trinajstić information content (AvgIpc) is 3.27. The molecule has 1 aliphatic heterocycles. The molecule has 11 heteroatoms. The summed E-state index contributed by atoms with van der Waals surface area (Å²) in [5.74, 6) is -0.0542. The quantitative estimate of drug-likeness (QED) is 0.489. The number of carbonyl (C=O) groups excluding carboxylic acids is 1. The van der Waals surface area contributed by atoms with Gasteiger partial charge in [0.25, 0.3) is 0 Å². The molecule has 37 heavy (non-hydrogen) atoms. The molecule has 3 aromatic rings. The normalized spacial score (nSPS) is 21.5. The Balaban J connectivity index is 1.38. The zero-order valence-corrected chi connectivity index (χ0v) is 21.3. The Morgan fingerprint density at radius 3 is 2.84 bits per heavy atom. The van der Waals surface area contributed by atoms with Crippen molar-refractivity contribution in [1.29, 1.82) is 0 Å². The van der Waals surface area contributed by atoms with Gasteiger partial charge in [0.15, 0.2) is 5.65 Å². The molecule has 0 bridgehead atoms. The molecule has 1 aliphatic carbocycles. The van der Waals surface area contributed by atoms with Gasteiger partial charge < -0.3 is 20.1 Å². The van der Waals surface area contributed by atoms with E-state index >= 15 is 0 Å². The largest absolute Gasteiger partial charge is 0.477 e. The Bertz CT molecular complexity index is 1350. The Morgan fingerprint density at radius 2 is 2.11 bits per heavy atom. The van der Waals surface area contributed by atoms with Crippen molar-refractivity contribution in [1.82, 2.24) is 24.9 Å². The molecule has 3 aromatic heterocycles. The smallest absolute Gasteiger partial charge is 0.407 e. The molecule has 2 N–H and O–H groups in total. The molecule has 1 saturated heterocycles. The molecule has 0 radical (unpaired) electrons. The second kappa shape index (κ2) is 9.28. The van der Waals surface area contributed by atoms with Crippen LogP contribution in [-0.2, 0) is 11.2 Å². The summed E-state index contributed by atoms with van der Waals surface area (Å²) in [6.07, 6.45) is 5.93. The fraction of sp³-hybridized carbons (Fsp3) is 0.500. The molecule has 4 atom stereocenters. The van der Waals surface area contributed by atoms with Gasteiger partial charge in [0.1, 0.15) is 22.8 Å². The van der Waals surface area contributed by atoms with Crippen molar-refractivity contribution < 1.29 is 23.8 Å². The van der Waals surface area contributed by atoms with Crippen molar-refractivity contribution in [2.75, 3.05) is 11.4 Å². The summed E-state index contributed by atoms with van der Waals surface area (Å²) in [4.78, 5) is 34.9. The van der Waals surface area contributed by atoms with E-state index in [1.54, 1.807) is 12.3 Å². The lowest BCUT2D eigenvalue weighted by atomic mass is 9.97. The van der Waals surface area contributed by atoms with Gasteiger partial charge in [-0.1, -0.05) is 0 Å². The van der Waals surface area contributed by atoms with Gasteiger partial charge in [-0.25, -0.2) is 23.5 Å². The lowest BCUT2D eigenvalue weighted by Gasteiger charge is -2.30. The number of carbonyl (C=O) groups is 2. The number of hydrogen-bond donors (Lipinski definition) is 2. The topological polar surface area (TPSA) is 122 Å². The fourth-order valence-electron chi connectivity index (χ4n) is 5.15. The third-order valence-electron chi connectivity index (χ3n) is 6.90. The van der Waals surface area contributed by atoms with Crippen LogP contribution < -0.4 is 10.2 Å². The van der Waals surface area contributed by atoms with E-state index in [2.05, 4.69) is 25.3 Å². The number of carboxylic acid groups (broad SMARTS) is 1. The van der Waals surface area contributed by atoms with Crippen molar-refractivity contribution in [2.24, 2.45) is 11.8 Å². The number of nitrogens with one attached hydrogen (secondary N) is 1. The first-order chi connectivity index (χ1) is 17.5. The highest BCUT2D eigenvalue weighted by molar-refractivity contribution is 5.94. The Morgan fingerprint density at radius 1 is 1.32 bits per heavy atom. The lowest BCUT2D eigenvalue weighted by molar-refractivity contribution is 0.0505. The van der Waals surface area contributed by atoms with Crippen LogP contribution in [0, 0.1) is 17.7 Å². The number of piperidine rings is 1. The number of nitrogens with zero attached hydrogens (tertiary/aromatic N) is 5. The van der Waals surface area contributed by atoms with Crippen molar-refractivity contribution in [2.45, 2.75) is 64.6 Å². The Hall–Kier alpha value is -3.76. The SMILES string of the molecule is C[C@@H](CCc1ncc(F)cc1C1C2CC2CN1c1ccn2ncc(C(=O)O)c2n1)NC(=O)OC(C)(C)C. The number of aromatic nitrogens is 4. The predicted molar refractivity (Wildman–Crippen MR) is 133 cm³/mol. The minimum Gasteiger partial charge on any atom is -0.477 e. The minimum absolute atomic E-state index is 0.0299. The molecule has 1 saturated carbocycles. The van der Waals surface area contributed by atoms with E-state index < -0.39 is 23.5 Å². The first kappa shape index (κ1) is 24.9. The third-order valence-corrected chi connectivity index (χ3v) is 6.90. The van der Waals surface area contributed by atoms with Crippen LogP contribution in [0.15, 0.2) is 30.7 Å². The standard InChI is InChI=1S/C26H31FN6O4/c1-14(30-25(36)37-26(2,3)4)5-6-20-18(10-16(27)11-28-20)22-17-9-15(17)13-32(22)21-7-8-33-23(31-21)19(12-29-33)24(34)35/h7-8,10-12,14-15,17,22H,5-6,9,13H2,1-4H3,(H,30,36)(H,34,35)/t14-,15?,17?,22?/m0/s1. The van der Waals surface area contributed by atoms with Crippen molar-refractivity contribution in [3.63, 3.8) is 0 Å². The maximum Gasteiger partial charge on any atom is 0.407 e. The van der Waals surface area contributed by atoms with Crippen LogP contribution in [0.4, 0.5) is 15.0 Å². The number of ether oxygens (including phenoxy) is 1. The Kier molecular flexibility index (Phi) is 6.25.